The zero-order valence-corrected chi connectivity index (χ0v) is 17.6. The third kappa shape index (κ3) is 4.38. The van der Waals surface area contributed by atoms with E-state index in [1.54, 1.807) is 24.6 Å². The highest BCUT2D eigenvalue weighted by molar-refractivity contribution is 6.31. The molecular formula is C20H18ClN5O5. The fourth-order valence-corrected chi connectivity index (χ4v) is 3.40. The van der Waals surface area contributed by atoms with Crippen LogP contribution in [0.3, 0.4) is 0 Å². The summed E-state index contributed by atoms with van der Waals surface area (Å²) in [4.78, 5) is 33.8. The van der Waals surface area contributed by atoms with Gasteiger partial charge in [0, 0.05) is 17.2 Å². The van der Waals surface area contributed by atoms with Crippen LogP contribution in [0.25, 0.3) is 0 Å². The van der Waals surface area contributed by atoms with E-state index in [0.717, 1.165) is 17.7 Å². The number of hydrogen-bond acceptors (Lipinski definition) is 6. The molecule has 0 atom stereocenters. The third-order valence-corrected chi connectivity index (χ3v) is 5.28. The maximum Gasteiger partial charge on any atom is 0.279 e. The SMILES string of the molecule is Cc1nn(Cc2ccccc2Cl)c(C)c1NC(=O)c1cc([N+](=O)[O-])c(C)c([N+](=O)[O-])c1. The van der Waals surface area contributed by atoms with Gasteiger partial charge in [-0.15, -0.1) is 0 Å². The lowest BCUT2D eigenvalue weighted by Crippen LogP contribution is -2.14. The molecule has 0 radical (unpaired) electrons. The molecule has 0 saturated carbocycles. The average Bonchev–Trinajstić information content (AvgIpc) is 2.96. The zero-order valence-electron chi connectivity index (χ0n) is 16.9. The molecule has 0 unspecified atom stereocenters. The second kappa shape index (κ2) is 8.52. The predicted molar refractivity (Wildman–Crippen MR) is 115 cm³/mol. The minimum Gasteiger partial charge on any atom is -0.319 e. The fourth-order valence-electron chi connectivity index (χ4n) is 3.20. The molecule has 0 saturated heterocycles. The van der Waals surface area contributed by atoms with Crippen LogP contribution in [0.1, 0.15) is 32.9 Å². The molecule has 10 nitrogen and oxygen atoms in total. The van der Waals surface area contributed by atoms with Crippen molar-refractivity contribution >= 4 is 34.6 Å². The second-order valence-electron chi connectivity index (χ2n) is 6.90. The summed E-state index contributed by atoms with van der Waals surface area (Å²) in [5.41, 5.74) is 1.12. The van der Waals surface area contributed by atoms with Crippen LogP contribution in [0.2, 0.25) is 5.02 Å². The molecule has 1 heterocycles. The number of nitro groups is 2. The van der Waals surface area contributed by atoms with Gasteiger partial charge in [0.2, 0.25) is 0 Å². The Hall–Kier alpha value is -3.79. The summed E-state index contributed by atoms with van der Waals surface area (Å²) in [6.07, 6.45) is 0. The molecule has 0 aliphatic heterocycles. The molecule has 160 valence electrons. The number of nitro benzene ring substituents is 2. The number of amides is 1. The van der Waals surface area contributed by atoms with Gasteiger partial charge in [0.25, 0.3) is 17.3 Å². The molecule has 0 aliphatic rings. The lowest BCUT2D eigenvalue weighted by molar-refractivity contribution is -0.395. The van der Waals surface area contributed by atoms with Gasteiger partial charge in [-0.2, -0.15) is 5.10 Å². The molecule has 0 spiro atoms. The van der Waals surface area contributed by atoms with Gasteiger partial charge >= 0.3 is 0 Å². The van der Waals surface area contributed by atoms with E-state index < -0.39 is 27.1 Å². The first-order valence-electron chi connectivity index (χ1n) is 9.12. The maximum absolute atomic E-state index is 12.8. The van der Waals surface area contributed by atoms with Crippen molar-refractivity contribution in [2.45, 2.75) is 27.3 Å². The number of rotatable bonds is 6. The van der Waals surface area contributed by atoms with Crippen molar-refractivity contribution in [2.24, 2.45) is 0 Å². The standard InChI is InChI=1S/C20H18ClN5O5/c1-11-17(25(28)29)8-15(9-18(11)26(30)31)20(27)22-19-12(2)23-24(13(19)3)10-14-6-4-5-7-16(14)21/h4-9H,10H2,1-3H3,(H,22,27). The Balaban J connectivity index is 1.94. The number of carbonyl (C=O) groups excluding carboxylic acids is 1. The highest BCUT2D eigenvalue weighted by Gasteiger charge is 2.26. The molecule has 11 heteroatoms. The summed E-state index contributed by atoms with van der Waals surface area (Å²) in [6.45, 7) is 5.10. The Kier molecular flexibility index (Phi) is 6.02. The molecule has 1 amide bonds. The van der Waals surface area contributed by atoms with Crippen molar-refractivity contribution in [1.82, 2.24) is 9.78 Å². The topological polar surface area (TPSA) is 133 Å². The summed E-state index contributed by atoms with van der Waals surface area (Å²) in [5, 5.41) is 30.2. The number of aromatic nitrogens is 2. The average molecular weight is 444 g/mol. The zero-order chi connectivity index (χ0) is 22.9. The molecular weight excluding hydrogens is 426 g/mol. The van der Waals surface area contributed by atoms with Crippen LogP contribution in [0.15, 0.2) is 36.4 Å². The monoisotopic (exact) mass is 443 g/mol. The fraction of sp³-hybridized carbons (Fsp3) is 0.200. The third-order valence-electron chi connectivity index (χ3n) is 4.91. The quantitative estimate of drug-likeness (QED) is 0.437. The largest absolute Gasteiger partial charge is 0.319 e. The van der Waals surface area contributed by atoms with Crippen LogP contribution in [-0.4, -0.2) is 25.5 Å². The van der Waals surface area contributed by atoms with Crippen molar-refractivity contribution < 1.29 is 14.6 Å². The van der Waals surface area contributed by atoms with Crippen molar-refractivity contribution in [2.75, 3.05) is 5.32 Å². The number of aryl methyl sites for hydroxylation is 1. The number of carbonyl (C=O) groups is 1. The van der Waals surface area contributed by atoms with Crippen LogP contribution < -0.4 is 5.32 Å². The molecule has 31 heavy (non-hydrogen) atoms. The van der Waals surface area contributed by atoms with E-state index in [4.69, 9.17) is 11.6 Å². The van der Waals surface area contributed by atoms with Gasteiger partial charge in [0.05, 0.1) is 39.0 Å². The molecule has 0 fully saturated rings. The second-order valence-corrected chi connectivity index (χ2v) is 7.31. The Morgan fingerprint density at radius 2 is 1.68 bits per heavy atom. The van der Waals surface area contributed by atoms with E-state index in [-0.39, 0.29) is 11.1 Å². The van der Waals surface area contributed by atoms with E-state index in [1.807, 2.05) is 18.2 Å². The van der Waals surface area contributed by atoms with Crippen LogP contribution in [0.4, 0.5) is 17.1 Å². The first-order chi connectivity index (χ1) is 14.6. The number of nitrogens with zero attached hydrogens (tertiary/aromatic N) is 4. The van der Waals surface area contributed by atoms with Gasteiger partial charge in [-0.05, 0) is 32.4 Å². The number of anilines is 1. The van der Waals surface area contributed by atoms with E-state index in [2.05, 4.69) is 10.4 Å². The number of halogens is 1. The van der Waals surface area contributed by atoms with Gasteiger partial charge in [-0.25, -0.2) is 0 Å². The minimum atomic E-state index is -0.753. The van der Waals surface area contributed by atoms with Crippen LogP contribution >= 0.6 is 11.6 Å². The van der Waals surface area contributed by atoms with Crippen molar-refractivity contribution in [3.63, 3.8) is 0 Å². The molecule has 3 rings (SSSR count). The van der Waals surface area contributed by atoms with Gasteiger partial charge < -0.3 is 5.32 Å². The summed E-state index contributed by atoms with van der Waals surface area (Å²) in [7, 11) is 0. The minimum absolute atomic E-state index is 0.119. The van der Waals surface area contributed by atoms with Gasteiger partial charge in [0.1, 0.15) is 5.56 Å². The molecule has 0 aliphatic carbocycles. The van der Waals surface area contributed by atoms with E-state index in [0.29, 0.717) is 28.6 Å². The Labute approximate surface area is 181 Å². The maximum atomic E-state index is 12.8. The van der Waals surface area contributed by atoms with E-state index >= 15 is 0 Å². The molecule has 3 aromatic rings. The Morgan fingerprint density at radius 3 is 2.23 bits per heavy atom. The first kappa shape index (κ1) is 21.9. The van der Waals surface area contributed by atoms with Crippen LogP contribution in [0.5, 0.6) is 0 Å². The first-order valence-corrected chi connectivity index (χ1v) is 9.50. The number of hydrogen-bond donors (Lipinski definition) is 1. The smallest absolute Gasteiger partial charge is 0.279 e. The summed E-state index contributed by atoms with van der Waals surface area (Å²) in [5.74, 6) is -0.713. The van der Waals surface area contributed by atoms with Crippen molar-refractivity contribution in [3.05, 3.63) is 89.7 Å². The van der Waals surface area contributed by atoms with Crippen molar-refractivity contribution in [1.29, 1.82) is 0 Å². The van der Waals surface area contributed by atoms with Gasteiger partial charge in [-0.3, -0.25) is 29.7 Å². The Bertz CT molecular complexity index is 1190. The molecule has 1 aromatic heterocycles. The summed E-state index contributed by atoms with van der Waals surface area (Å²) < 4.78 is 1.67. The highest BCUT2D eigenvalue weighted by atomic mass is 35.5. The van der Waals surface area contributed by atoms with E-state index in [9.17, 15) is 25.0 Å². The lowest BCUT2D eigenvalue weighted by Gasteiger charge is -2.09. The van der Waals surface area contributed by atoms with Gasteiger partial charge in [0.15, 0.2) is 0 Å². The summed E-state index contributed by atoms with van der Waals surface area (Å²) in [6, 6.07) is 9.35. The van der Waals surface area contributed by atoms with Crippen LogP contribution in [-0.2, 0) is 6.54 Å². The number of benzene rings is 2. The van der Waals surface area contributed by atoms with E-state index in [1.165, 1.54) is 6.92 Å². The normalized spacial score (nSPS) is 10.7. The van der Waals surface area contributed by atoms with Crippen molar-refractivity contribution in [3.8, 4) is 0 Å². The van der Waals surface area contributed by atoms with Gasteiger partial charge in [-0.1, -0.05) is 29.8 Å². The molecule has 2 aromatic carbocycles. The molecule has 1 N–H and O–H groups in total. The Morgan fingerprint density at radius 1 is 1.10 bits per heavy atom. The highest BCUT2D eigenvalue weighted by Crippen LogP contribution is 2.30. The summed E-state index contributed by atoms with van der Waals surface area (Å²) >= 11 is 6.21. The number of nitrogens with one attached hydrogen (secondary N) is 1. The lowest BCUT2D eigenvalue weighted by atomic mass is 10.1. The predicted octanol–water partition coefficient (Wildman–Crippen LogP) is 4.58. The molecule has 0 bridgehead atoms. The van der Waals surface area contributed by atoms with Crippen LogP contribution in [0, 0.1) is 41.0 Å².